The zero-order chi connectivity index (χ0) is 12.3. The number of carbonyl (C=O) groups excluding carboxylic acids is 1. The molecule has 0 bridgehead atoms. The first kappa shape index (κ1) is 12.3. The highest BCUT2D eigenvalue weighted by Crippen LogP contribution is 2.22. The Labute approximate surface area is 116 Å². The maximum absolute atomic E-state index is 12.0. The van der Waals surface area contributed by atoms with Crippen LogP contribution < -0.4 is 5.32 Å². The van der Waals surface area contributed by atoms with Gasteiger partial charge in [0.25, 0.3) is 5.91 Å². The maximum atomic E-state index is 12.0. The van der Waals surface area contributed by atoms with Crippen molar-refractivity contribution in [3.63, 3.8) is 0 Å². The predicted octanol–water partition coefficient (Wildman–Crippen LogP) is 4.46. The molecule has 0 saturated heterocycles. The van der Waals surface area contributed by atoms with Crippen molar-refractivity contribution in [2.75, 3.05) is 5.32 Å². The molecule has 86 valence electrons. The minimum Gasteiger partial charge on any atom is -0.322 e. The summed E-state index contributed by atoms with van der Waals surface area (Å²) in [5.41, 5.74) is 1.38. The molecule has 0 atom stereocenters. The van der Waals surface area contributed by atoms with E-state index in [1.54, 1.807) is 6.07 Å². The Morgan fingerprint density at radius 1 is 1.00 bits per heavy atom. The number of hydrogen-bond donors (Lipinski definition) is 1. The lowest BCUT2D eigenvalue weighted by Gasteiger charge is -2.07. The number of carbonyl (C=O) groups is 1. The summed E-state index contributed by atoms with van der Waals surface area (Å²) < 4.78 is 1.65. The molecule has 2 aromatic carbocycles. The summed E-state index contributed by atoms with van der Waals surface area (Å²) in [7, 11) is 0. The second-order valence-corrected chi connectivity index (χ2v) is 5.21. The van der Waals surface area contributed by atoms with E-state index in [0.29, 0.717) is 5.56 Å². The number of para-hydroxylation sites is 1. The van der Waals surface area contributed by atoms with Crippen LogP contribution in [0, 0.1) is 0 Å². The van der Waals surface area contributed by atoms with Crippen molar-refractivity contribution in [3.8, 4) is 0 Å². The molecule has 0 aliphatic heterocycles. The topological polar surface area (TPSA) is 29.1 Å². The van der Waals surface area contributed by atoms with Crippen molar-refractivity contribution >= 4 is 43.5 Å². The van der Waals surface area contributed by atoms with Gasteiger partial charge in [0.2, 0.25) is 0 Å². The predicted molar refractivity (Wildman–Crippen MR) is 76.2 cm³/mol. The Balaban J connectivity index is 2.23. The first-order valence-corrected chi connectivity index (χ1v) is 6.57. The second-order valence-electron chi connectivity index (χ2n) is 3.44. The molecule has 0 radical (unpaired) electrons. The second kappa shape index (κ2) is 5.47. The lowest BCUT2D eigenvalue weighted by atomic mass is 10.2. The highest BCUT2D eigenvalue weighted by atomic mass is 79.9. The molecule has 4 heteroatoms. The average molecular weight is 355 g/mol. The summed E-state index contributed by atoms with van der Waals surface area (Å²) in [5, 5.41) is 2.84. The lowest BCUT2D eigenvalue weighted by Crippen LogP contribution is -2.12. The third-order valence-corrected chi connectivity index (χ3v) is 3.39. The SMILES string of the molecule is O=C(Nc1ccccc1)c1cc(Br)ccc1Br. The lowest BCUT2D eigenvalue weighted by molar-refractivity contribution is 0.102. The highest BCUT2D eigenvalue weighted by molar-refractivity contribution is 9.11. The number of halogens is 2. The Morgan fingerprint density at radius 3 is 2.41 bits per heavy atom. The van der Waals surface area contributed by atoms with E-state index in [1.807, 2.05) is 42.5 Å². The van der Waals surface area contributed by atoms with Crippen LogP contribution in [0.2, 0.25) is 0 Å². The van der Waals surface area contributed by atoms with Gasteiger partial charge in [0.05, 0.1) is 5.56 Å². The van der Waals surface area contributed by atoms with Crippen molar-refractivity contribution in [3.05, 3.63) is 63.0 Å². The van der Waals surface area contributed by atoms with E-state index in [9.17, 15) is 4.79 Å². The Morgan fingerprint density at radius 2 is 1.71 bits per heavy atom. The minimum absolute atomic E-state index is 0.135. The maximum Gasteiger partial charge on any atom is 0.256 e. The van der Waals surface area contributed by atoms with Crippen molar-refractivity contribution < 1.29 is 4.79 Å². The number of benzene rings is 2. The van der Waals surface area contributed by atoms with Gasteiger partial charge in [0.1, 0.15) is 0 Å². The van der Waals surface area contributed by atoms with Crippen molar-refractivity contribution in [2.45, 2.75) is 0 Å². The summed E-state index contributed by atoms with van der Waals surface area (Å²) in [5.74, 6) is -0.135. The van der Waals surface area contributed by atoms with E-state index in [4.69, 9.17) is 0 Å². The van der Waals surface area contributed by atoms with Gasteiger partial charge in [-0.2, -0.15) is 0 Å². The van der Waals surface area contributed by atoms with Crippen LogP contribution in [0.4, 0.5) is 5.69 Å². The smallest absolute Gasteiger partial charge is 0.256 e. The van der Waals surface area contributed by atoms with Crippen LogP contribution in [-0.4, -0.2) is 5.91 Å². The molecule has 2 aromatic rings. The van der Waals surface area contributed by atoms with Crippen LogP contribution >= 0.6 is 31.9 Å². The molecule has 0 spiro atoms. The Kier molecular flexibility index (Phi) is 3.97. The van der Waals surface area contributed by atoms with E-state index in [1.165, 1.54) is 0 Å². The van der Waals surface area contributed by atoms with Gasteiger partial charge in [-0.05, 0) is 46.3 Å². The van der Waals surface area contributed by atoms with Gasteiger partial charge in [0, 0.05) is 14.6 Å². The molecule has 0 aliphatic rings. The van der Waals surface area contributed by atoms with Crippen LogP contribution in [0.15, 0.2) is 57.5 Å². The number of anilines is 1. The number of hydrogen-bond acceptors (Lipinski definition) is 1. The number of nitrogens with one attached hydrogen (secondary N) is 1. The zero-order valence-electron chi connectivity index (χ0n) is 8.78. The molecule has 2 nitrogen and oxygen atoms in total. The van der Waals surface area contributed by atoms with E-state index in [0.717, 1.165) is 14.6 Å². The fraction of sp³-hybridized carbons (Fsp3) is 0. The van der Waals surface area contributed by atoms with Crippen LogP contribution in [-0.2, 0) is 0 Å². The monoisotopic (exact) mass is 353 g/mol. The van der Waals surface area contributed by atoms with Gasteiger partial charge in [-0.15, -0.1) is 0 Å². The normalized spacial score (nSPS) is 10.0. The minimum atomic E-state index is -0.135. The highest BCUT2D eigenvalue weighted by Gasteiger charge is 2.10. The molecule has 2 rings (SSSR count). The average Bonchev–Trinajstić information content (AvgIpc) is 2.33. The molecule has 1 N–H and O–H groups in total. The van der Waals surface area contributed by atoms with E-state index < -0.39 is 0 Å². The van der Waals surface area contributed by atoms with E-state index in [-0.39, 0.29) is 5.91 Å². The Bertz CT molecular complexity index is 540. The first-order valence-electron chi connectivity index (χ1n) is 4.98. The molecular weight excluding hydrogens is 346 g/mol. The summed E-state index contributed by atoms with van der Waals surface area (Å²) in [6.07, 6.45) is 0. The van der Waals surface area contributed by atoms with Crippen LogP contribution in [0.1, 0.15) is 10.4 Å². The van der Waals surface area contributed by atoms with Gasteiger partial charge in [0.15, 0.2) is 0 Å². The summed E-state index contributed by atoms with van der Waals surface area (Å²) >= 11 is 6.71. The van der Waals surface area contributed by atoms with Gasteiger partial charge in [-0.1, -0.05) is 34.1 Å². The molecule has 0 heterocycles. The Hall–Kier alpha value is -1.13. The van der Waals surface area contributed by atoms with Crippen molar-refractivity contribution in [1.82, 2.24) is 0 Å². The summed E-state index contributed by atoms with van der Waals surface area (Å²) in [6.45, 7) is 0. The van der Waals surface area contributed by atoms with Crippen LogP contribution in [0.5, 0.6) is 0 Å². The van der Waals surface area contributed by atoms with Crippen molar-refractivity contribution in [2.24, 2.45) is 0 Å². The molecule has 0 unspecified atom stereocenters. The van der Waals surface area contributed by atoms with Crippen molar-refractivity contribution in [1.29, 1.82) is 0 Å². The molecule has 0 fully saturated rings. The van der Waals surface area contributed by atoms with Gasteiger partial charge < -0.3 is 5.32 Å². The quantitative estimate of drug-likeness (QED) is 0.847. The fourth-order valence-corrected chi connectivity index (χ4v) is 2.18. The molecule has 0 aliphatic carbocycles. The van der Waals surface area contributed by atoms with Gasteiger partial charge in [-0.3, -0.25) is 4.79 Å². The van der Waals surface area contributed by atoms with Gasteiger partial charge >= 0.3 is 0 Å². The molecule has 0 saturated carbocycles. The van der Waals surface area contributed by atoms with E-state index in [2.05, 4.69) is 37.2 Å². The fourth-order valence-electron chi connectivity index (χ4n) is 1.39. The third-order valence-electron chi connectivity index (χ3n) is 2.20. The largest absolute Gasteiger partial charge is 0.322 e. The van der Waals surface area contributed by atoms with Crippen LogP contribution in [0.3, 0.4) is 0 Å². The number of amides is 1. The van der Waals surface area contributed by atoms with Gasteiger partial charge in [-0.25, -0.2) is 0 Å². The third kappa shape index (κ3) is 3.17. The molecule has 1 amide bonds. The van der Waals surface area contributed by atoms with E-state index >= 15 is 0 Å². The molecule has 17 heavy (non-hydrogen) atoms. The summed E-state index contributed by atoms with van der Waals surface area (Å²) in [4.78, 5) is 12.0. The zero-order valence-corrected chi connectivity index (χ0v) is 12.0. The number of rotatable bonds is 2. The summed E-state index contributed by atoms with van der Waals surface area (Å²) in [6, 6.07) is 14.9. The first-order chi connectivity index (χ1) is 8.16. The molecular formula is C13H9Br2NO. The standard InChI is InChI=1S/C13H9Br2NO/c14-9-6-7-12(15)11(8-9)13(17)16-10-4-2-1-3-5-10/h1-8H,(H,16,17). The van der Waals surface area contributed by atoms with Crippen LogP contribution in [0.25, 0.3) is 0 Å². The molecule has 0 aromatic heterocycles.